The SMILES string of the molecule is O=C(CC1CCNC1)NCCSCc1cccc(Cl)c1. The van der Waals surface area contributed by atoms with Gasteiger partial charge in [0.2, 0.25) is 5.91 Å². The molecule has 2 rings (SSSR count). The van der Waals surface area contributed by atoms with Crippen molar-refractivity contribution >= 4 is 29.3 Å². The summed E-state index contributed by atoms with van der Waals surface area (Å²) in [4.78, 5) is 11.7. The fraction of sp³-hybridized carbons (Fsp3) is 0.533. The van der Waals surface area contributed by atoms with Gasteiger partial charge in [-0.2, -0.15) is 11.8 Å². The molecule has 1 heterocycles. The zero-order chi connectivity index (χ0) is 14.2. The Labute approximate surface area is 129 Å². The summed E-state index contributed by atoms with van der Waals surface area (Å²) in [5.41, 5.74) is 1.23. The van der Waals surface area contributed by atoms with Gasteiger partial charge in [-0.1, -0.05) is 23.7 Å². The second-order valence-corrected chi connectivity index (χ2v) is 6.64. The monoisotopic (exact) mass is 312 g/mol. The molecule has 1 aromatic rings. The molecule has 1 amide bonds. The van der Waals surface area contributed by atoms with Crippen LogP contribution in [0.5, 0.6) is 0 Å². The number of carbonyl (C=O) groups excluding carboxylic acids is 1. The topological polar surface area (TPSA) is 41.1 Å². The highest BCUT2D eigenvalue weighted by Gasteiger charge is 2.17. The van der Waals surface area contributed by atoms with E-state index in [0.29, 0.717) is 12.3 Å². The largest absolute Gasteiger partial charge is 0.355 e. The smallest absolute Gasteiger partial charge is 0.220 e. The van der Waals surface area contributed by atoms with Crippen LogP contribution in [0.25, 0.3) is 0 Å². The first-order valence-corrected chi connectivity index (χ1v) is 8.57. The summed E-state index contributed by atoms with van der Waals surface area (Å²) in [6.45, 7) is 2.77. The zero-order valence-corrected chi connectivity index (χ0v) is 13.1. The molecule has 0 aromatic heterocycles. The number of benzene rings is 1. The van der Waals surface area contributed by atoms with Crippen molar-refractivity contribution in [2.24, 2.45) is 5.92 Å². The first-order valence-electron chi connectivity index (χ1n) is 7.03. The molecule has 0 spiro atoms. The summed E-state index contributed by atoms with van der Waals surface area (Å²) in [7, 11) is 0. The Morgan fingerprint density at radius 3 is 3.15 bits per heavy atom. The highest BCUT2D eigenvalue weighted by atomic mass is 35.5. The van der Waals surface area contributed by atoms with Crippen LogP contribution in [0.15, 0.2) is 24.3 Å². The average molecular weight is 313 g/mol. The van der Waals surface area contributed by atoms with Crippen LogP contribution < -0.4 is 10.6 Å². The van der Waals surface area contributed by atoms with E-state index in [9.17, 15) is 4.79 Å². The summed E-state index contributed by atoms with van der Waals surface area (Å²) < 4.78 is 0. The van der Waals surface area contributed by atoms with Crippen LogP contribution in [0.2, 0.25) is 5.02 Å². The van der Waals surface area contributed by atoms with Gasteiger partial charge in [0.15, 0.2) is 0 Å². The number of hydrogen-bond donors (Lipinski definition) is 2. The molecule has 0 bridgehead atoms. The highest BCUT2D eigenvalue weighted by Crippen LogP contribution is 2.16. The van der Waals surface area contributed by atoms with Crippen LogP contribution in [0, 0.1) is 5.92 Å². The van der Waals surface area contributed by atoms with Gasteiger partial charge in [0.05, 0.1) is 0 Å². The second-order valence-electron chi connectivity index (χ2n) is 5.10. The number of hydrogen-bond acceptors (Lipinski definition) is 3. The van der Waals surface area contributed by atoms with E-state index in [1.807, 2.05) is 30.0 Å². The predicted molar refractivity (Wildman–Crippen MR) is 86.2 cm³/mol. The molecule has 5 heteroatoms. The molecule has 1 aliphatic heterocycles. The Morgan fingerprint density at radius 2 is 2.40 bits per heavy atom. The summed E-state index contributed by atoms with van der Waals surface area (Å²) in [6, 6.07) is 7.91. The molecule has 1 saturated heterocycles. The van der Waals surface area contributed by atoms with Crippen LogP contribution in [0.3, 0.4) is 0 Å². The molecule has 1 atom stereocenters. The van der Waals surface area contributed by atoms with Crippen molar-refractivity contribution in [3.05, 3.63) is 34.9 Å². The predicted octanol–water partition coefficient (Wildman–Crippen LogP) is 2.69. The number of carbonyl (C=O) groups is 1. The highest BCUT2D eigenvalue weighted by molar-refractivity contribution is 7.98. The van der Waals surface area contributed by atoms with Crippen molar-refractivity contribution < 1.29 is 4.79 Å². The van der Waals surface area contributed by atoms with E-state index in [4.69, 9.17) is 11.6 Å². The fourth-order valence-electron chi connectivity index (χ4n) is 2.30. The Bertz CT molecular complexity index is 436. The molecule has 2 N–H and O–H groups in total. The molecule has 0 saturated carbocycles. The molecule has 1 fully saturated rings. The fourth-order valence-corrected chi connectivity index (χ4v) is 3.32. The van der Waals surface area contributed by atoms with Crippen molar-refractivity contribution in [3.8, 4) is 0 Å². The Morgan fingerprint density at radius 1 is 1.50 bits per heavy atom. The Balaban J connectivity index is 1.53. The van der Waals surface area contributed by atoms with Crippen LogP contribution >= 0.6 is 23.4 Å². The van der Waals surface area contributed by atoms with E-state index in [1.165, 1.54) is 5.56 Å². The van der Waals surface area contributed by atoms with Crippen LogP contribution in [-0.4, -0.2) is 31.3 Å². The van der Waals surface area contributed by atoms with E-state index in [-0.39, 0.29) is 5.91 Å². The van der Waals surface area contributed by atoms with Gasteiger partial charge in [-0.25, -0.2) is 0 Å². The molecule has 110 valence electrons. The third kappa shape index (κ3) is 5.73. The van der Waals surface area contributed by atoms with Crippen LogP contribution in [-0.2, 0) is 10.5 Å². The van der Waals surface area contributed by atoms with Gasteiger partial charge in [-0.3, -0.25) is 4.79 Å². The molecular weight excluding hydrogens is 292 g/mol. The van der Waals surface area contributed by atoms with Gasteiger partial charge in [-0.05, 0) is 43.1 Å². The third-order valence-corrected chi connectivity index (χ3v) is 4.63. The maximum absolute atomic E-state index is 11.7. The minimum Gasteiger partial charge on any atom is -0.355 e. The Kier molecular flexibility index (Phi) is 6.70. The quantitative estimate of drug-likeness (QED) is 0.761. The van der Waals surface area contributed by atoms with Crippen LogP contribution in [0.4, 0.5) is 0 Å². The standard InChI is InChI=1S/C15H21ClN2OS/c16-14-3-1-2-13(8-14)11-20-7-6-18-15(19)9-12-4-5-17-10-12/h1-3,8,12,17H,4-7,9-11H2,(H,18,19). The average Bonchev–Trinajstić information content (AvgIpc) is 2.91. The molecule has 20 heavy (non-hydrogen) atoms. The van der Waals surface area contributed by atoms with Gasteiger partial charge < -0.3 is 10.6 Å². The van der Waals surface area contributed by atoms with Crippen molar-refractivity contribution in [1.82, 2.24) is 10.6 Å². The van der Waals surface area contributed by atoms with E-state index < -0.39 is 0 Å². The third-order valence-electron chi connectivity index (χ3n) is 3.36. The number of rotatable bonds is 7. The van der Waals surface area contributed by atoms with Crippen LogP contribution in [0.1, 0.15) is 18.4 Å². The molecule has 0 radical (unpaired) electrons. The maximum atomic E-state index is 11.7. The van der Waals surface area contributed by atoms with Gasteiger partial charge in [0.1, 0.15) is 0 Å². The molecule has 3 nitrogen and oxygen atoms in total. The van der Waals surface area contributed by atoms with Gasteiger partial charge >= 0.3 is 0 Å². The van der Waals surface area contributed by atoms with E-state index in [0.717, 1.165) is 42.6 Å². The first-order chi connectivity index (χ1) is 9.74. The van der Waals surface area contributed by atoms with E-state index in [2.05, 4.69) is 16.7 Å². The lowest BCUT2D eigenvalue weighted by atomic mass is 10.1. The minimum atomic E-state index is 0.182. The summed E-state index contributed by atoms with van der Waals surface area (Å²) in [5, 5.41) is 7.05. The van der Waals surface area contributed by atoms with E-state index in [1.54, 1.807) is 0 Å². The zero-order valence-electron chi connectivity index (χ0n) is 11.5. The summed E-state index contributed by atoms with van der Waals surface area (Å²) in [6.07, 6.45) is 1.78. The van der Waals surface area contributed by atoms with E-state index >= 15 is 0 Å². The molecular formula is C15H21ClN2OS. The summed E-state index contributed by atoms with van der Waals surface area (Å²) in [5.74, 6) is 2.57. The van der Waals surface area contributed by atoms with Crippen molar-refractivity contribution in [1.29, 1.82) is 0 Å². The lowest BCUT2D eigenvalue weighted by molar-refractivity contribution is -0.121. The minimum absolute atomic E-state index is 0.182. The normalized spacial score (nSPS) is 18.1. The lowest BCUT2D eigenvalue weighted by Gasteiger charge is -2.09. The lowest BCUT2D eigenvalue weighted by Crippen LogP contribution is -2.28. The van der Waals surface area contributed by atoms with Crippen molar-refractivity contribution in [2.75, 3.05) is 25.4 Å². The first kappa shape index (κ1) is 15.7. The van der Waals surface area contributed by atoms with Gasteiger partial charge in [-0.15, -0.1) is 0 Å². The van der Waals surface area contributed by atoms with Gasteiger partial charge in [0.25, 0.3) is 0 Å². The Hall–Kier alpha value is -0.710. The number of thioether (sulfide) groups is 1. The van der Waals surface area contributed by atoms with Crippen molar-refractivity contribution in [3.63, 3.8) is 0 Å². The number of amides is 1. The number of nitrogens with one attached hydrogen (secondary N) is 2. The maximum Gasteiger partial charge on any atom is 0.220 e. The van der Waals surface area contributed by atoms with Crippen molar-refractivity contribution in [2.45, 2.75) is 18.6 Å². The molecule has 0 aliphatic carbocycles. The molecule has 1 aromatic carbocycles. The number of halogens is 1. The summed E-state index contributed by atoms with van der Waals surface area (Å²) >= 11 is 7.75. The molecule has 1 aliphatic rings. The van der Waals surface area contributed by atoms with Gasteiger partial charge in [0, 0.05) is 29.5 Å². The molecule has 1 unspecified atom stereocenters. The second kappa shape index (κ2) is 8.55.